The Bertz CT molecular complexity index is 1320. The Hall–Kier alpha value is -4.04. The van der Waals surface area contributed by atoms with Crippen LogP contribution in [0.5, 0.6) is 5.75 Å². The zero-order valence-corrected chi connectivity index (χ0v) is 19.2. The van der Waals surface area contributed by atoms with Crippen molar-refractivity contribution < 1.29 is 14.3 Å². The van der Waals surface area contributed by atoms with E-state index in [2.05, 4.69) is 20.6 Å². The number of nitrogens with zero attached hydrogens (tertiary/aromatic N) is 1. The predicted octanol–water partition coefficient (Wildman–Crippen LogP) is 3.46. The molecule has 8 nitrogen and oxygen atoms in total. The number of benzene rings is 2. The van der Waals surface area contributed by atoms with Crippen LogP contribution in [-0.4, -0.2) is 34.9 Å². The summed E-state index contributed by atoms with van der Waals surface area (Å²) in [4.78, 5) is 33.2. The number of amides is 2. The van der Waals surface area contributed by atoms with Gasteiger partial charge in [-0.25, -0.2) is 4.98 Å². The molecule has 5 N–H and O–H groups in total. The molecule has 34 heavy (non-hydrogen) atoms. The third-order valence-electron chi connectivity index (χ3n) is 5.34. The monoisotopic (exact) mass is 477 g/mol. The number of carbonyl (C=O) groups excluding carboxylic acids is 2. The summed E-state index contributed by atoms with van der Waals surface area (Å²) < 4.78 is 5.24. The highest BCUT2D eigenvalue weighted by Crippen LogP contribution is 2.21. The van der Waals surface area contributed by atoms with E-state index in [-0.39, 0.29) is 18.9 Å². The number of methoxy groups -OCH3 is 1. The van der Waals surface area contributed by atoms with Gasteiger partial charge in [0.1, 0.15) is 23.3 Å². The number of hydrogen-bond donors (Lipinski definition) is 4. The fourth-order valence-electron chi connectivity index (χ4n) is 3.56. The average Bonchev–Trinajstić information content (AvgIpc) is 3.26. The van der Waals surface area contributed by atoms with Gasteiger partial charge in [-0.2, -0.15) is 0 Å². The Labute approximate surface area is 201 Å². The number of anilines is 1. The largest absolute Gasteiger partial charge is 0.497 e. The van der Waals surface area contributed by atoms with Gasteiger partial charge in [0.15, 0.2) is 0 Å². The van der Waals surface area contributed by atoms with E-state index in [1.807, 2.05) is 24.3 Å². The molecule has 2 heterocycles. The van der Waals surface area contributed by atoms with Crippen LogP contribution in [-0.2, 0) is 17.8 Å². The van der Waals surface area contributed by atoms with Crippen LogP contribution in [0, 0.1) is 0 Å². The van der Waals surface area contributed by atoms with Gasteiger partial charge < -0.3 is 26.1 Å². The van der Waals surface area contributed by atoms with Crippen LogP contribution in [0.4, 0.5) is 5.82 Å². The van der Waals surface area contributed by atoms with Crippen molar-refractivity contribution in [2.75, 3.05) is 12.8 Å². The molecule has 174 valence electrons. The topological polar surface area (TPSA) is 122 Å². The first kappa shape index (κ1) is 23.1. The molecule has 0 fully saturated rings. The minimum Gasteiger partial charge on any atom is -0.497 e. The number of fused-ring (bicyclic) bond motifs is 1. The predicted molar refractivity (Wildman–Crippen MR) is 132 cm³/mol. The number of hydrogen-bond acceptors (Lipinski definition) is 5. The van der Waals surface area contributed by atoms with Gasteiger partial charge in [0.25, 0.3) is 5.91 Å². The lowest BCUT2D eigenvalue weighted by molar-refractivity contribution is -0.123. The molecule has 2 aromatic heterocycles. The zero-order chi connectivity index (χ0) is 24.1. The smallest absolute Gasteiger partial charge is 0.268 e. The quantitative estimate of drug-likeness (QED) is 0.309. The van der Waals surface area contributed by atoms with E-state index in [1.165, 1.54) is 0 Å². The van der Waals surface area contributed by atoms with Crippen molar-refractivity contribution in [1.29, 1.82) is 0 Å². The van der Waals surface area contributed by atoms with Crippen molar-refractivity contribution in [2.45, 2.75) is 19.0 Å². The lowest BCUT2D eigenvalue weighted by atomic mass is 10.0. The van der Waals surface area contributed by atoms with E-state index < -0.39 is 11.9 Å². The lowest BCUT2D eigenvalue weighted by Gasteiger charge is -2.18. The number of aromatic nitrogens is 2. The first-order valence-corrected chi connectivity index (χ1v) is 11.0. The number of pyridine rings is 1. The average molecular weight is 478 g/mol. The van der Waals surface area contributed by atoms with Crippen LogP contribution in [0.25, 0.3) is 10.9 Å². The van der Waals surface area contributed by atoms with Crippen molar-refractivity contribution in [1.82, 2.24) is 20.6 Å². The van der Waals surface area contributed by atoms with Gasteiger partial charge in [-0.1, -0.05) is 29.8 Å². The van der Waals surface area contributed by atoms with E-state index in [0.29, 0.717) is 22.3 Å². The zero-order valence-electron chi connectivity index (χ0n) is 18.5. The van der Waals surface area contributed by atoms with E-state index in [9.17, 15) is 9.59 Å². The molecule has 2 amide bonds. The standard InChI is InChI=1S/C25H24ClN5O3/c1-34-19-6-7-20-17(11-19)12-22(30-20)25(33)31-21(10-15-3-2-4-18(26)9-15)24(32)29-14-16-5-8-23(27)28-13-16/h2-9,11-13,21,30H,10,14H2,1H3,(H2,27,28)(H,29,32)(H,31,33)/t21-/m0/s1. The summed E-state index contributed by atoms with van der Waals surface area (Å²) >= 11 is 6.11. The molecule has 0 aliphatic rings. The van der Waals surface area contributed by atoms with Gasteiger partial charge in [0.2, 0.25) is 5.91 Å². The number of rotatable bonds is 8. The van der Waals surface area contributed by atoms with Crippen LogP contribution < -0.4 is 21.1 Å². The highest BCUT2D eigenvalue weighted by atomic mass is 35.5. The van der Waals surface area contributed by atoms with Crippen molar-refractivity contribution in [3.63, 3.8) is 0 Å². The Morgan fingerprint density at radius 2 is 1.97 bits per heavy atom. The summed E-state index contributed by atoms with van der Waals surface area (Å²) in [5.41, 5.74) is 8.36. The molecule has 4 aromatic rings. The summed E-state index contributed by atoms with van der Waals surface area (Å²) in [5.74, 6) is 0.361. The number of nitrogens with two attached hydrogens (primary N) is 1. The van der Waals surface area contributed by atoms with E-state index in [0.717, 1.165) is 22.0 Å². The summed E-state index contributed by atoms with van der Waals surface area (Å²) in [7, 11) is 1.58. The summed E-state index contributed by atoms with van der Waals surface area (Å²) in [6.45, 7) is 0.250. The van der Waals surface area contributed by atoms with Crippen LogP contribution in [0.1, 0.15) is 21.6 Å². The van der Waals surface area contributed by atoms with E-state index in [4.69, 9.17) is 22.1 Å². The maximum atomic E-state index is 13.1. The number of nitrogen functional groups attached to an aromatic ring is 1. The fourth-order valence-corrected chi connectivity index (χ4v) is 3.77. The molecular formula is C25H24ClN5O3. The number of ether oxygens (including phenoxy) is 1. The van der Waals surface area contributed by atoms with Crippen LogP contribution >= 0.6 is 11.6 Å². The van der Waals surface area contributed by atoms with Crippen molar-refractivity contribution in [3.8, 4) is 5.75 Å². The molecule has 0 saturated heterocycles. The molecule has 0 spiro atoms. The number of H-pyrrole nitrogens is 1. The van der Waals surface area contributed by atoms with Crippen LogP contribution in [0.3, 0.4) is 0 Å². The maximum Gasteiger partial charge on any atom is 0.268 e. The molecule has 9 heteroatoms. The highest BCUT2D eigenvalue weighted by molar-refractivity contribution is 6.30. The van der Waals surface area contributed by atoms with Crippen molar-refractivity contribution >= 4 is 40.1 Å². The van der Waals surface area contributed by atoms with Gasteiger partial charge in [-0.3, -0.25) is 9.59 Å². The Morgan fingerprint density at radius 1 is 1.12 bits per heavy atom. The van der Waals surface area contributed by atoms with Gasteiger partial charge >= 0.3 is 0 Å². The number of halogens is 1. The molecule has 4 rings (SSSR count). The van der Waals surface area contributed by atoms with Crippen molar-refractivity contribution in [2.24, 2.45) is 0 Å². The highest BCUT2D eigenvalue weighted by Gasteiger charge is 2.23. The Kier molecular flexibility index (Phi) is 6.98. The molecule has 0 saturated carbocycles. The second-order valence-electron chi connectivity index (χ2n) is 7.81. The third-order valence-corrected chi connectivity index (χ3v) is 5.57. The van der Waals surface area contributed by atoms with E-state index >= 15 is 0 Å². The number of nitrogens with one attached hydrogen (secondary N) is 3. The fraction of sp³-hybridized carbons (Fsp3) is 0.160. The Morgan fingerprint density at radius 3 is 2.71 bits per heavy atom. The second kappa shape index (κ2) is 10.3. The summed E-state index contributed by atoms with van der Waals surface area (Å²) in [6, 6.07) is 17.0. The van der Waals surface area contributed by atoms with Gasteiger partial charge in [-0.05, 0) is 53.6 Å². The minimum absolute atomic E-state index is 0.250. The maximum absolute atomic E-state index is 13.1. The molecule has 2 aromatic carbocycles. The van der Waals surface area contributed by atoms with Gasteiger partial charge in [0, 0.05) is 35.1 Å². The molecule has 0 unspecified atom stereocenters. The second-order valence-corrected chi connectivity index (χ2v) is 8.24. The molecule has 0 aliphatic carbocycles. The summed E-state index contributed by atoms with van der Waals surface area (Å²) in [6.07, 6.45) is 1.87. The first-order chi connectivity index (χ1) is 16.4. The molecule has 0 radical (unpaired) electrons. The van der Waals surface area contributed by atoms with Gasteiger partial charge in [0.05, 0.1) is 7.11 Å². The minimum atomic E-state index is -0.825. The number of aromatic amines is 1. The van der Waals surface area contributed by atoms with Crippen LogP contribution in [0.15, 0.2) is 66.9 Å². The molecule has 0 aliphatic heterocycles. The Balaban J connectivity index is 1.52. The SMILES string of the molecule is COc1ccc2[nH]c(C(=O)N[C@@H](Cc3cccc(Cl)c3)C(=O)NCc3ccc(N)nc3)cc2c1. The number of carbonyl (C=O) groups is 2. The van der Waals surface area contributed by atoms with Crippen molar-refractivity contribution in [3.05, 3.63) is 88.7 Å². The lowest BCUT2D eigenvalue weighted by Crippen LogP contribution is -2.48. The molecular weight excluding hydrogens is 454 g/mol. The molecule has 0 bridgehead atoms. The van der Waals surface area contributed by atoms with Crippen LogP contribution in [0.2, 0.25) is 5.02 Å². The first-order valence-electron chi connectivity index (χ1n) is 10.6. The summed E-state index contributed by atoms with van der Waals surface area (Å²) in [5, 5.41) is 7.09. The molecule has 1 atom stereocenters. The van der Waals surface area contributed by atoms with E-state index in [1.54, 1.807) is 49.7 Å². The third kappa shape index (κ3) is 5.65. The van der Waals surface area contributed by atoms with Gasteiger partial charge in [-0.15, -0.1) is 0 Å². The normalized spacial score (nSPS) is 11.7.